The second kappa shape index (κ2) is 5.02. The van der Waals surface area contributed by atoms with Gasteiger partial charge in [0.2, 0.25) is 11.8 Å². The van der Waals surface area contributed by atoms with Crippen LogP contribution in [0.5, 0.6) is 0 Å². The number of aromatic nitrogens is 2. The van der Waals surface area contributed by atoms with Crippen LogP contribution in [-0.2, 0) is 6.54 Å². The zero-order chi connectivity index (χ0) is 14.2. The zero-order valence-electron chi connectivity index (χ0n) is 12.3. The van der Waals surface area contributed by atoms with E-state index in [0.717, 1.165) is 12.3 Å². The van der Waals surface area contributed by atoms with Crippen molar-refractivity contribution in [2.75, 3.05) is 0 Å². The van der Waals surface area contributed by atoms with Crippen LogP contribution in [0.15, 0.2) is 34.7 Å². The zero-order valence-corrected chi connectivity index (χ0v) is 12.3. The first kappa shape index (κ1) is 13.3. The lowest BCUT2D eigenvalue weighted by Crippen LogP contribution is -2.35. The smallest absolute Gasteiger partial charge is 0.230 e. The van der Waals surface area contributed by atoms with Gasteiger partial charge in [-0.2, -0.15) is 0 Å². The molecule has 1 heterocycles. The molecule has 1 aliphatic carbocycles. The summed E-state index contributed by atoms with van der Waals surface area (Å²) in [6, 6.07) is 10.5. The summed E-state index contributed by atoms with van der Waals surface area (Å²) in [7, 11) is 0. The molecule has 1 fully saturated rings. The molecule has 0 amide bonds. The summed E-state index contributed by atoms with van der Waals surface area (Å²) in [5.41, 5.74) is 1.42. The molecule has 0 aliphatic heterocycles. The second-order valence-electron chi connectivity index (χ2n) is 6.50. The first-order chi connectivity index (χ1) is 9.53. The highest BCUT2D eigenvalue weighted by molar-refractivity contribution is 5.30. The molecule has 2 aromatic rings. The molecule has 0 radical (unpaired) electrons. The van der Waals surface area contributed by atoms with Gasteiger partial charge in [0.1, 0.15) is 0 Å². The fraction of sp³-hybridized carbons (Fsp3) is 0.500. The third kappa shape index (κ3) is 3.07. The van der Waals surface area contributed by atoms with Gasteiger partial charge in [-0.05, 0) is 38.7 Å². The van der Waals surface area contributed by atoms with Crippen LogP contribution < -0.4 is 5.32 Å². The molecule has 0 bridgehead atoms. The summed E-state index contributed by atoms with van der Waals surface area (Å²) < 4.78 is 5.77. The molecule has 1 aromatic carbocycles. The van der Waals surface area contributed by atoms with Crippen molar-refractivity contribution < 1.29 is 4.42 Å². The predicted octanol–water partition coefficient (Wildman–Crippen LogP) is 3.23. The highest BCUT2D eigenvalue weighted by Crippen LogP contribution is 2.53. The number of hydrogen-bond donors (Lipinski definition) is 1. The largest absolute Gasteiger partial charge is 0.424 e. The van der Waals surface area contributed by atoms with Gasteiger partial charge in [-0.3, -0.25) is 0 Å². The van der Waals surface area contributed by atoms with E-state index < -0.39 is 0 Å². The Balaban J connectivity index is 1.62. The first-order valence-corrected chi connectivity index (χ1v) is 7.15. The number of hydrogen-bond acceptors (Lipinski definition) is 4. The van der Waals surface area contributed by atoms with Gasteiger partial charge in [0, 0.05) is 11.5 Å². The lowest BCUT2D eigenvalue weighted by molar-refractivity contribution is 0.370. The van der Waals surface area contributed by atoms with Crippen LogP contribution in [0.3, 0.4) is 0 Å². The van der Waals surface area contributed by atoms with Crippen LogP contribution in [0.1, 0.15) is 56.4 Å². The topological polar surface area (TPSA) is 51.0 Å². The maximum atomic E-state index is 5.77. The van der Waals surface area contributed by atoms with Gasteiger partial charge >= 0.3 is 0 Å². The Labute approximate surface area is 119 Å². The minimum absolute atomic E-state index is 0.0563. The van der Waals surface area contributed by atoms with Crippen molar-refractivity contribution in [2.45, 2.75) is 51.1 Å². The molecule has 0 saturated heterocycles. The Hall–Kier alpha value is -1.68. The molecule has 106 valence electrons. The SMILES string of the molecule is CC(C)(C)NCc1nnc(C2CC2c2ccccc2)o1. The van der Waals surface area contributed by atoms with Gasteiger partial charge in [-0.25, -0.2) is 0 Å². The second-order valence-corrected chi connectivity index (χ2v) is 6.50. The monoisotopic (exact) mass is 271 g/mol. The molecule has 2 unspecified atom stereocenters. The highest BCUT2D eigenvalue weighted by atomic mass is 16.4. The average molecular weight is 271 g/mol. The first-order valence-electron chi connectivity index (χ1n) is 7.15. The van der Waals surface area contributed by atoms with E-state index in [0.29, 0.717) is 24.3 Å². The summed E-state index contributed by atoms with van der Waals surface area (Å²) >= 11 is 0. The van der Waals surface area contributed by atoms with Crippen LogP contribution >= 0.6 is 0 Å². The Kier molecular flexibility index (Phi) is 3.34. The summed E-state index contributed by atoms with van der Waals surface area (Å²) in [4.78, 5) is 0. The minimum Gasteiger partial charge on any atom is -0.424 e. The molecular weight excluding hydrogens is 250 g/mol. The van der Waals surface area contributed by atoms with Crippen LogP contribution in [0.2, 0.25) is 0 Å². The van der Waals surface area contributed by atoms with Crippen LogP contribution in [0.4, 0.5) is 0 Å². The Morgan fingerprint density at radius 2 is 1.90 bits per heavy atom. The van der Waals surface area contributed by atoms with Crippen LogP contribution in [0, 0.1) is 0 Å². The van der Waals surface area contributed by atoms with E-state index in [-0.39, 0.29) is 5.54 Å². The maximum absolute atomic E-state index is 5.77. The van der Waals surface area contributed by atoms with Gasteiger partial charge in [-0.1, -0.05) is 30.3 Å². The lowest BCUT2D eigenvalue weighted by Gasteiger charge is -2.18. The molecule has 4 heteroatoms. The third-order valence-electron chi connectivity index (χ3n) is 3.59. The predicted molar refractivity (Wildman–Crippen MR) is 77.4 cm³/mol. The van der Waals surface area contributed by atoms with E-state index in [4.69, 9.17) is 4.42 Å². The normalized spacial score (nSPS) is 21.9. The number of nitrogens with one attached hydrogen (secondary N) is 1. The molecular formula is C16H21N3O. The van der Waals surface area contributed by atoms with Crippen molar-refractivity contribution in [3.63, 3.8) is 0 Å². The van der Waals surface area contributed by atoms with Crippen LogP contribution in [-0.4, -0.2) is 15.7 Å². The molecule has 1 saturated carbocycles. The number of nitrogens with zero attached hydrogens (tertiary/aromatic N) is 2. The molecule has 0 spiro atoms. The van der Waals surface area contributed by atoms with Crippen molar-refractivity contribution in [2.24, 2.45) is 0 Å². The standard InChI is InChI=1S/C16H21N3O/c1-16(2,3)17-10-14-18-19-15(20-14)13-9-12(13)11-7-5-4-6-8-11/h4-8,12-13,17H,9-10H2,1-3H3. The van der Waals surface area contributed by atoms with Crippen molar-refractivity contribution in [3.8, 4) is 0 Å². The van der Waals surface area contributed by atoms with Crippen molar-refractivity contribution in [3.05, 3.63) is 47.7 Å². The molecule has 1 aromatic heterocycles. The molecule has 3 rings (SSSR count). The molecule has 4 nitrogen and oxygen atoms in total. The maximum Gasteiger partial charge on any atom is 0.230 e. The third-order valence-corrected chi connectivity index (χ3v) is 3.59. The van der Waals surface area contributed by atoms with Gasteiger partial charge in [0.25, 0.3) is 0 Å². The summed E-state index contributed by atoms with van der Waals surface area (Å²) in [6.07, 6.45) is 1.11. The summed E-state index contributed by atoms with van der Waals surface area (Å²) in [5.74, 6) is 2.39. The lowest BCUT2D eigenvalue weighted by atomic mass is 10.1. The Morgan fingerprint density at radius 1 is 1.15 bits per heavy atom. The van der Waals surface area contributed by atoms with Gasteiger partial charge in [0.15, 0.2) is 0 Å². The van der Waals surface area contributed by atoms with E-state index in [9.17, 15) is 0 Å². The van der Waals surface area contributed by atoms with E-state index >= 15 is 0 Å². The van der Waals surface area contributed by atoms with Gasteiger partial charge in [0.05, 0.1) is 6.54 Å². The molecule has 1 N–H and O–H groups in total. The van der Waals surface area contributed by atoms with E-state index in [1.54, 1.807) is 0 Å². The molecule has 20 heavy (non-hydrogen) atoms. The van der Waals surface area contributed by atoms with E-state index in [1.165, 1.54) is 5.56 Å². The summed E-state index contributed by atoms with van der Waals surface area (Å²) in [6.45, 7) is 6.99. The summed E-state index contributed by atoms with van der Waals surface area (Å²) in [5, 5.41) is 11.7. The van der Waals surface area contributed by atoms with Crippen molar-refractivity contribution in [1.29, 1.82) is 0 Å². The van der Waals surface area contributed by atoms with Crippen molar-refractivity contribution in [1.82, 2.24) is 15.5 Å². The number of benzene rings is 1. The minimum atomic E-state index is 0.0563. The van der Waals surface area contributed by atoms with Crippen LogP contribution in [0.25, 0.3) is 0 Å². The average Bonchev–Trinajstić information content (AvgIpc) is 3.08. The fourth-order valence-corrected chi connectivity index (χ4v) is 2.37. The van der Waals surface area contributed by atoms with Crippen molar-refractivity contribution >= 4 is 0 Å². The highest BCUT2D eigenvalue weighted by Gasteiger charge is 2.43. The van der Waals surface area contributed by atoms with E-state index in [2.05, 4.69) is 60.6 Å². The molecule has 1 aliphatic rings. The fourth-order valence-electron chi connectivity index (χ4n) is 2.37. The number of rotatable bonds is 4. The van der Waals surface area contributed by atoms with Gasteiger partial charge in [-0.15, -0.1) is 10.2 Å². The Bertz CT molecular complexity index is 571. The Morgan fingerprint density at radius 3 is 2.60 bits per heavy atom. The van der Waals surface area contributed by atoms with Gasteiger partial charge < -0.3 is 9.73 Å². The molecule has 2 atom stereocenters. The quantitative estimate of drug-likeness (QED) is 0.927. The van der Waals surface area contributed by atoms with E-state index in [1.807, 2.05) is 6.07 Å².